The molecule has 1 aromatic rings. The second kappa shape index (κ2) is 9.03. The average molecular weight is 292 g/mol. The molecule has 1 aliphatic carbocycles. The van der Waals surface area contributed by atoms with E-state index in [4.69, 9.17) is 15.2 Å². The Hall–Kier alpha value is -1.10. The third-order valence-corrected chi connectivity index (χ3v) is 3.77. The van der Waals surface area contributed by atoms with Crippen LogP contribution in [0.2, 0.25) is 0 Å². The van der Waals surface area contributed by atoms with Crippen molar-refractivity contribution in [3.05, 3.63) is 29.8 Å². The molecule has 4 nitrogen and oxygen atoms in total. The van der Waals surface area contributed by atoms with Crippen molar-refractivity contribution in [2.45, 2.75) is 19.3 Å². The summed E-state index contributed by atoms with van der Waals surface area (Å²) in [6.45, 7) is 5.03. The molecule has 2 N–H and O–H groups in total. The van der Waals surface area contributed by atoms with Crippen molar-refractivity contribution in [2.24, 2.45) is 11.7 Å². The molecule has 0 radical (unpaired) electrons. The lowest BCUT2D eigenvalue weighted by Gasteiger charge is -2.17. The number of nitrogens with two attached hydrogens (primary N) is 1. The summed E-state index contributed by atoms with van der Waals surface area (Å²) in [7, 11) is 2.11. The number of hydrogen-bond donors (Lipinski definition) is 1. The summed E-state index contributed by atoms with van der Waals surface area (Å²) in [6, 6.07) is 8.20. The summed E-state index contributed by atoms with van der Waals surface area (Å²) in [5.74, 6) is 1.77. The van der Waals surface area contributed by atoms with Crippen LogP contribution in [0.1, 0.15) is 18.4 Å². The van der Waals surface area contributed by atoms with E-state index in [0.717, 1.165) is 44.4 Å². The maximum Gasteiger partial charge on any atom is 0.119 e. The molecular weight excluding hydrogens is 264 g/mol. The summed E-state index contributed by atoms with van der Waals surface area (Å²) < 4.78 is 11.4. The van der Waals surface area contributed by atoms with Gasteiger partial charge in [0.2, 0.25) is 0 Å². The molecule has 1 saturated carbocycles. The van der Waals surface area contributed by atoms with Gasteiger partial charge in [-0.1, -0.05) is 12.1 Å². The largest absolute Gasteiger partial charge is 0.492 e. The van der Waals surface area contributed by atoms with Crippen LogP contribution in [-0.2, 0) is 11.2 Å². The fraction of sp³-hybridized carbons (Fsp3) is 0.647. The highest BCUT2D eigenvalue weighted by Gasteiger charge is 2.20. The normalized spacial score (nSPS) is 14.6. The molecule has 0 bridgehead atoms. The number of rotatable bonds is 11. The summed E-state index contributed by atoms with van der Waals surface area (Å²) >= 11 is 0. The first kappa shape index (κ1) is 16.3. The zero-order valence-electron chi connectivity index (χ0n) is 13.1. The Bertz CT molecular complexity index is 390. The summed E-state index contributed by atoms with van der Waals surface area (Å²) in [5.41, 5.74) is 6.79. The summed E-state index contributed by atoms with van der Waals surface area (Å²) in [6.07, 6.45) is 3.63. The van der Waals surface area contributed by atoms with Gasteiger partial charge in [0.05, 0.1) is 6.61 Å². The first-order valence-electron chi connectivity index (χ1n) is 7.96. The van der Waals surface area contributed by atoms with E-state index < -0.39 is 0 Å². The molecule has 0 aliphatic heterocycles. The summed E-state index contributed by atoms with van der Waals surface area (Å²) in [5, 5.41) is 0. The lowest BCUT2D eigenvalue weighted by atomic mass is 10.1. The van der Waals surface area contributed by atoms with Crippen LogP contribution < -0.4 is 10.5 Å². The highest BCUT2D eigenvalue weighted by molar-refractivity contribution is 5.27. The average Bonchev–Trinajstić information content (AvgIpc) is 3.30. The predicted octanol–water partition coefficient (Wildman–Crippen LogP) is 1.92. The Morgan fingerprint density at radius 2 is 1.86 bits per heavy atom. The number of ether oxygens (including phenoxy) is 2. The van der Waals surface area contributed by atoms with Gasteiger partial charge < -0.3 is 20.1 Å². The van der Waals surface area contributed by atoms with E-state index in [-0.39, 0.29) is 0 Å². The van der Waals surface area contributed by atoms with Crippen LogP contribution in [0.5, 0.6) is 5.75 Å². The molecule has 0 heterocycles. The molecule has 118 valence electrons. The maximum atomic E-state index is 5.75. The van der Waals surface area contributed by atoms with E-state index in [9.17, 15) is 0 Å². The molecule has 0 spiro atoms. The van der Waals surface area contributed by atoms with Gasteiger partial charge in [0.25, 0.3) is 0 Å². The van der Waals surface area contributed by atoms with Crippen molar-refractivity contribution in [3.63, 3.8) is 0 Å². The highest BCUT2D eigenvalue weighted by Crippen LogP contribution is 2.28. The standard InChI is InChI=1S/C17H28N2O2/c1-19(10-12-20-14-16-2-3-16)11-13-21-17-6-4-15(5-7-17)8-9-18/h4-7,16H,2-3,8-14,18H2,1H3. The molecule has 21 heavy (non-hydrogen) atoms. The van der Waals surface area contributed by atoms with Crippen LogP contribution in [-0.4, -0.2) is 51.4 Å². The number of benzene rings is 1. The SMILES string of the molecule is CN(CCOCC1CC1)CCOc1ccc(CCN)cc1. The molecule has 1 aromatic carbocycles. The van der Waals surface area contributed by atoms with Crippen LogP contribution >= 0.6 is 0 Å². The molecule has 0 saturated heterocycles. The van der Waals surface area contributed by atoms with E-state index in [1.165, 1.54) is 18.4 Å². The smallest absolute Gasteiger partial charge is 0.119 e. The molecular formula is C17H28N2O2. The summed E-state index contributed by atoms with van der Waals surface area (Å²) in [4.78, 5) is 2.25. The van der Waals surface area contributed by atoms with E-state index in [0.29, 0.717) is 13.2 Å². The third-order valence-electron chi connectivity index (χ3n) is 3.77. The quantitative estimate of drug-likeness (QED) is 0.633. The van der Waals surface area contributed by atoms with E-state index in [1.807, 2.05) is 12.1 Å². The van der Waals surface area contributed by atoms with Crippen LogP contribution in [0.3, 0.4) is 0 Å². The van der Waals surface area contributed by atoms with Crippen molar-refractivity contribution < 1.29 is 9.47 Å². The topological polar surface area (TPSA) is 47.7 Å². The van der Waals surface area contributed by atoms with Gasteiger partial charge in [-0.05, 0) is 56.5 Å². The van der Waals surface area contributed by atoms with Crippen LogP contribution in [0, 0.1) is 5.92 Å². The molecule has 0 unspecified atom stereocenters. The molecule has 0 aromatic heterocycles. The number of likely N-dealkylation sites (N-methyl/N-ethyl adjacent to an activating group) is 1. The van der Waals surface area contributed by atoms with E-state index in [1.54, 1.807) is 0 Å². The Kier molecular flexibility index (Phi) is 7.00. The van der Waals surface area contributed by atoms with Crippen molar-refractivity contribution in [1.82, 2.24) is 4.90 Å². The monoisotopic (exact) mass is 292 g/mol. The second-order valence-corrected chi connectivity index (χ2v) is 5.85. The Morgan fingerprint density at radius 3 is 2.52 bits per heavy atom. The van der Waals surface area contributed by atoms with Gasteiger partial charge in [0.1, 0.15) is 12.4 Å². The van der Waals surface area contributed by atoms with Gasteiger partial charge in [-0.2, -0.15) is 0 Å². The van der Waals surface area contributed by atoms with Gasteiger partial charge >= 0.3 is 0 Å². The van der Waals surface area contributed by atoms with Gasteiger partial charge in [-0.15, -0.1) is 0 Å². The zero-order chi connectivity index (χ0) is 14.9. The molecule has 4 heteroatoms. The second-order valence-electron chi connectivity index (χ2n) is 5.85. The van der Waals surface area contributed by atoms with Gasteiger partial charge in [0.15, 0.2) is 0 Å². The van der Waals surface area contributed by atoms with Crippen LogP contribution in [0.15, 0.2) is 24.3 Å². The van der Waals surface area contributed by atoms with Crippen molar-refractivity contribution in [3.8, 4) is 5.75 Å². The van der Waals surface area contributed by atoms with Crippen molar-refractivity contribution >= 4 is 0 Å². The zero-order valence-corrected chi connectivity index (χ0v) is 13.1. The van der Waals surface area contributed by atoms with Crippen molar-refractivity contribution in [2.75, 3.05) is 46.5 Å². The fourth-order valence-electron chi connectivity index (χ4n) is 2.11. The van der Waals surface area contributed by atoms with Gasteiger partial charge in [0, 0.05) is 19.7 Å². The van der Waals surface area contributed by atoms with Crippen LogP contribution in [0.4, 0.5) is 0 Å². The fourth-order valence-corrected chi connectivity index (χ4v) is 2.11. The lowest BCUT2D eigenvalue weighted by molar-refractivity contribution is 0.0992. The first-order valence-corrected chi connectivity index (χ1v) is 7.96. The van der Waals surface area contributed by atoms with E-state index in [2.05, 4.69) is 24.1 Å². The number of nitrogens with zero attached hydrogens (tertiary/aromatic N) is 1. The van der Waals surface area contributed by atoms with E-state index >= 15 is 0 Å². The molecule has 1 aliphatic rings. The molecule has 0 amide bonds. The number of hydrogen-bond acceptors (Lipinski definition) is 4. The first-order chi connectivity index (χ1) is 10.3. The molecule has 0 atom stereocenters. The minimum Gasteiger partial charge on any atom is -0.492 e. The molecule has 1 fully saturated rings. The highest BCUT2D eigenvalue weighted by atomic mass is 16.5. The predicted molar refractivity (Wildman–Crippen MR) is 85.7 cm³/mol. The minimum atomic E-state index is 0.688. The Labute approximate surface area is 128 Å². The lowest BCUT2D eigenvalue weighted by Crippen LogP contribution is -2.28. The van der Waals surface area contributed by atoms with Gasteiger partial charge in [-0.25, -0.2) is 0 Å². The van der Waals surface area contributed by atoms with Crippen LogP contribution in [0.25, 0.3) is 0 Å². The van der Waals surface area contributed by atoms with Gasteiger partial charge in [-0.3, -0.25) is 0 Å². The maximum absolute atomic E-state index is 5.75. The minimum absolute atomic E-state index is 0.688. The molecule has 2 rings (SSSR count). The Balaban J connectivity index is 1.52. The Morgan fingerprint density at radius 1 is 1.14 bits per heavy atom. The van der Waals surface area contributed by atoms with Crippen molar-refractivity contribution in [1.29, 1.82) is 0 Å². The third kappa shape index (κ3) is 6.93.